The maximum Gasteiger partial charge on any atom is 0.269 e. The van der Waals surface area contributed by atoms with E-state index in [1.54, 1.807) is 18.2 Å². The zero-order valence-electron chi connectivity index (χ0n) is 13.3. The quantitative estimate of drug-likeness (QED) is 0.339. The summed E-state index contributed by atoms with van der Waals surface area (Å²) >= 11 is 1.38. The van der Waals surface area contributed by atoms with Gasteiger partial charge >= 0.3 is 0 Å². The van der Waals surface area contributed by atoms with E-state index in [0.29, 0.717) is 10.7 Å². The van der Waals surface area contributed by atoms with Gasteiger partial charge in [0.15, 0.2) is 0 Å². The van der Waals surface area contributed by atoms with Gasteiger partial charge in [-0.3, -0.25) is 20.2 Å². The van der Waals surface area contributed by atoms with Crippen molar-refractivity contribution < 1.29 is 9.72 Å². The van der Waals surface area contributed by atoms with Crippen LogP contribution in [0.5, 0.6) is 0 Å². The predicted octanol–water partition coefficient (Wildman–Crippen LogP) is 3.83. The van der Waals surface area contributed by atoms with E-state index in [4.69, 9.17) is 0 Å². The minimum atomic E-state index is -0.465. The second kappa shape index (κ2) is 8.88. The Morgan fingerprint density at radius 3 is 2.71 bits per heavy atom. The van der Waals surface area contributed by atoms with Gasteiger partial charge < -0.3 is 0 Å². The van der Waals surface area contributed by atoms with Crippen LogP contribution in [0.25, 0.3) is 6.08 Å². The zero-order valence-corrected chi connectivity index (χ0v) is 14.1. The number of hydrogen-bond donors (Lipinski definition) is 1. The molecule has 7 nitrogen and oxygen atoms in total. The summed E-state index contributed by atoms with van der Waals surface area (Å²) in [4.78, 5) is 22.0. The summed E-state index contributed by atoms with van der Waals surface area (Å²) in [7, 11) is 0. The van der Waals surface area contributed by atoms with E-state index in [1.165, 1.54) is 29.5 Å². The lowest BCUT2D eigenvalue weighted by Gasteiger charge is -1.96. The van der Waals surface area contributed by atoms with Crippen molar-refractivity contribution in [1.82, 2.24) is 10.2 Å². The minimum Gasteiger partial charge on any atom is -0.297 e. The highest BCUT2D eigenvalue weighted by Crippen LogP contribution is 2.18. The van der Waals surface area contributed by atoms with Gasteiger partial charge in [0.05, 0.1) is 4.92 Å². The number of nitrogens with one attached hydrogen (secondary N) is 1. The molecule has 0 saturated heterocycles. The number of aryl methyl sites for hydroxylation is 1. The molecule has 2 aromatic rings. The molecule has 0 radical (unpaired) electrons. The number of carbonyl (C=O) groups excluding carboxylic acids is 1. The molecule has 126 valence electrons. The van der Waals surface area contributed by atoms with Crippen LogP contribution in [-0.4, -0.2) is 21.0 Å². The van der Waals surface area contributed by atoms with E-state index >= 15 is 0 Å². The Labute approximate surface area is 143 Å². The standard InChI is InChI=1S/C16H18N4O3S/c1-2-3-4-5-15-18-19-16(24-15)17-14(21)11-8-12-6-9-13(10-7-12)20(22)23/h6-11H,2-5H2,1H3,(H,17,19,21)/b11-8+. The van der Waals surface area contributed by atoms with E-state index in [-0.39, 0.29) is 11.6 Å². The van der Waals surface area contributed by atoms with Crippen LogP contribution in [0.1, 0.15) is 36.8 Å². The molecule has 0 aliphatic carbocycles. The van der Waals surface area contributed by atoms with Crippen molar-refractivity contribution in [3.05, 3.63) is 51.0 Å². The highest BCUT2D eigenvalue weighted by Gasteiger charge is 2.06. The molecule has 0 aliphatic heterocycles. The van der Waals surface area contributed by atoms with Gasteiger partial charge in [0.2, 0.25) is 11.0 Å². The van der Waals surface area contributed by atoms with E-state index in [9.17, 15) is 14.9 Å². The van der Waals surface area contributed by atoms with Gasteiger partial charge in [-0.05, 0) is 30.2 Å². The van der Waals surface area contributed by atoms with Crippen molar-refractivity contribution in [3.63, 3.8) is 0 Å². The number of anilines is 1. The third-order valence-electron chi connectivity index (χ3n) is 3.22. The SMILES string of the molecule is CCCCCc1nnc(NC(=O)/C=C/c2ccc([N+](=O)[O-])cc2)s1. The summed E-state index contributed by atoms with van der Waals surface area (Å²) in [5, 5.41) is 22.6. The number of nitrogens with zero attached hydrogens (tertiary/aromatic N) is 3. The van der Waals surface area contributed by atoms with Crippen molar-refractivity contribution >= 4 is 34.1 Å². The van der Waals surface area contributed by atoms with Crippen molar-refractivity contribution in [2.24, 2.45) is 0 Å². The van der Waals surface area contributed by atoms with E-state index in [0.717, 1.165) is 30.7 Å². The van der Waals surface area contributed by atoms with Gasteiger partial charge in [-0.15, -0.1) is 10.2 Å². The third-order valence-corrected chi connectivity index (χ3v) is 4.12. The molecule has 0 atom stereocenters. The number of rotatable bonds is 8. The molecule has 0 bridgehead atoms. The van der Waals surface area contributed by atoms with Gasteiger partial charge in [-0.25, -0.2) is 0 Å². The fraction of sp³-hybridized carbons (Fsp3) is 0.312. The molecule has 1 aromatic heterocycles. The Morgan fingerprint density at radius 2 is 2.04 bits per heavy atom. The number of carbonyl (C=O) groups is 1. The van der Waals surface area contributed by atoms with Crippen molar-refractivity contribution in [3.8, 4) is 0 Å². The Hall–Kier alpha value is -2.61. The third kappa shape index (κ3) is 5.54. The number of non-ortho nitro benzene ring substituents is 1. The maximum atomic E-state index is 11.9. The van der Waals surface area contributed by atoms with Crippen LogP contribution in [0, 0.1) is 10.1 Å². The molecule has 24 heavy (non-hydrogen) atoms. The van der Waals surface area contributed by atoms with Crippen LogP contribution < -0.4 is 5.32 Å². The van der Waals surface area contributed by atoms with Crippen LogP contribution in [0.2, 0.25) is 0 Å². The maximum absolute atomic E-state index is 11.9. The number of benzene rings is 1. The zero-order chi connectivity index (χ0) is 17.4. The molecular formula is C16H18N4O3S. The highest BCUT2D eigenvalue weighted by molar-refractivity contribution is 7.15. The van der Waals surface area contributed by atoms with Crippen molar-refractivity contribution in [2.45, 2.75) is 32.6 Å². The van der Waals surface area contributed by atoms with E-state index in [2.05, 4.69) is 22.4 Å². The molecule has 0 saturated carbocycles. The number of nitro groups is 1. The van der Waals surface area contributed by atoms with Crippen LogP contribution >= 0.6 is 11.3 Å². The predicted molar refractivity (Wildman–Crippen MR) is 93.9 cm³/mol. The van der Waals surface area contributed by atoms with Crippen LogP contribution in [0.4, 0.5) is 10.8 Å². The molecule has 0 spiro atoms. The van der Waals surface area contributed by atoms with Crippen LogP contribution in [-0.2, 0) is 11.2 Å². The number of unbranched alkanes of at least 4 members (excludes halogenated alkanes) is 2. The molecule has 1 N–H and O–H groups in total. The smallest absolute Gasteiger partial charge is 0.269 e. The second-order valence-corrected chi connectivity index (χ2v) is 6.19. The summed E-state index contributed by atoms with van der Waals surface area (Å²) < 4.78 is 0. The molecule has 0 unspecified atom stereocenters. The highest BCUT2D eigenvalue weighted by atomic mass is 32.1. The molecule has 1 amide bonds. The molecule has 8 heteroatoms. The number of nitro benzene ring substituents is 1. The minimum absolute atomic E-state index is 0.0149. The average Bonchev–Trinajstić information content (AvgIpc) is 3.01. The fourth-order valence-electron chi connectivity index (χ4n) is 1.96. The second-order valence-electron chi connectivity index (χ2n) is 5.13. The molecule has 2 rings (SSSR count). The lowest BCUT2D eigenvalue weighted by molar-refractivity contribution is -0.384. The Balaban J connectivity index is 1.87. The summed E-state index contributed by atoms with van der Waals surface area (Å²) in [6, 6.07) is 5.95. The summed E-state index contributed by atoms with van der Waals surface area (Å²) in [6.07, 6.45) is 7.19. The molecule has 1 heterocycles. The Kier molecular flexibility index (Phi) is 6.56. The summed E-state index contributed by atoms with van der Waals surface area (Å²) in [6.45, 7) is 2.14. The summed E-state index contributed by atoms with van der Waals surface area (Å²) in [5.74, 6) is -0.315. The molecule has 1 aromatic carbocycles. The molecular weight excluding hydrogens is 328 g/mol. The normalized spacial score (nSPS) is 10.9. The van der Waals surface area contributed by atoms with Crippen molar-refractivity contribution in [1.29, 1.82) is 0 Å². The molecule has 0 aliphatic rings. The van der Waals surface area contributed by atoms with Crippen LogP contribution in [0.15, 0.2) is 30.3 Å². The number of amides is 1. The van der Waals surface area contributed by atoms with Gasteiger partial charge in [0, 0.05) is 24.6 Å². The lowest BCUT2D eigenvalue weighted by atomic mass is 10.2. The Bertz CT molecular complexity index is 725. The first kappa shape index (κ1) is 17.7. The monoisotopic (exact) mass is 346 g/mol. The van der Waals surface area contributed by atoms with Gasteiger partial charge in [-0.1, -0.05) is 31.1 Å². The molecule has 0 fully saturated rings. The number of aromatic nitrogens is 2. The van der Waals surface area contributed by atoms with Crippen molar-refractivity contribution in [2.75, 3.05) is 5.32 Å². The fourth-order valence-corrected chi connectivity index (χ4v) is 2.74. The Morgan fingerprint density at radius 1 is 1.29 bits per heavy atom. The van der Waals surface area contributed by atoms with E-state index < -0.39 is 4.92 Å². The average molecular weight is 346 g/mol. The van der Waals surface area contributed by atoms with Gasteiger partial charge in [0.25, 0.3) is 5.69 Å². The van der Waals surface area contributed by atoms with Gasteiger partial charge in [0.1, 0.15) is 5.01 Å². The summed E-state index contributed by atoms with van der Waals surface area (Å²) in [5.41, 5.74) is 0.717. The first-order valence-corrected chi connectivity index (χ1v) is 8.46. The number of hydrogen-bond acceptors (Lipinski definition) is 6. The topological polar surface area (TPSA) is 98.0 Å². The van der Waals surface area contributed by atoms with Gasteiger partial charge in [-0.2, -0.15) is 0 Å². The lowest BCUT2D eigenvalue weighted by Crippen LogP contribution is -2.07. The first-order chi connectivity index (χ1) is 11.6. The largest absolute Gasteiger partial charge is 0.297 e. The van der Waals surface area contributed by atoms with E-state index in [1.807, 2.05) is 0 Å². The first-order valence-electron chi connectivity index (χ1n) is 7.64. The van der Waals surface area contributed by atoms with Crippen LogP contribution in [0.3, 0.4) is 0 Å².